The zero-order valence-corrected chi connectivity index (χ0v) is 10.3. The molecule has 0 spiro atoms. The molecule has 3 nitrogen and oxygen atoms in total. The second-order valence-corrected chi connectivity index (χ2v) is 4.33. The first-order valence-corrected chi connectivity index (χ1v) is 5.88. The van der Waals surface area contributed by atoms with Crippen LogP contribution in [0.4, 0.5) is 13.2 Å². The van der Waals surface area contributed by atoms with Gasteiger partial charge in [-0.05, 0) is 23.8 Å². The fourth-order valence-corrected chi connectivity index (χ4v) is 1.83. The molecule has 1 aromatic heterocycles. The first-order valence-electron chi connectivity index (χ1n) is 5.88. The van der Waals surface area contributed by atoms with Crippen molar-refractivity contribution >= 4 is 0 Å². The predicted molar refractivity (Wildman–Crippen MR) is 67.1 cm³/mol. The third kappa shape index (κ3) is 3.27. The Kier molecular flexibility index (Phi) is 3.94. The summed E-state index contributed by atoms with van der Waals surface area (Å²) in [6.45, 7) is -0.0962. The quantitative estimate of drug-likeness (QED) is 0.940. The van der Waals surface area contributed by atoms with E-state index in [1.807, 2.05) is 0 Å². The van der Waals surface area contributed by atoms with Crippen molar-refractivity contribution in [1.29, 1.82) is 0 Å². The van der Waals surface area contributed by atoms with Crippen LogP contribution in [0.15, 0.2) is 53.5 Å². The lowest BCUT2D eigenvalue weighted by molar-refractivity contribution is -0.137. The zero-order chi connectivity index (χ0) is 14.8. The number of pyridine rings is 1. The monoisotopic (exact) mass is 283 g/mol. The van der Waals surface area contributed by atoms with Gasteiger partial charge in [0.05, 0.1) is 18.2 Å². The highest BCUT2D eigenvalue weighted by molar-refractivity contribution is 5.27. The van der Waals surface area contributed by atoms with Crippen molar-refractivity contribution in [3.8, 4) is 0 Å². The fourth-order valence-electron chi connectivity index (χ4n) is 1.83. The van der Waals surface area contributed by atoms with Gasteiger partial charge >= 0.3 is 6.18 Å². The van der Waals surface area contributed by atoms with E-state index in [1.165, 1.54) is 29.0 Å². The van der Waals surface area contributed by atoms with Crippen molar-refractivity contribution < 1.29 is 18.3 Å². The Hall–Kier alpha value is -2.08. The molecule has 0 bridgehead atoms. The van der Waals surface area contributed by atoms with Gasteiger partial charge in [-0.3, -0.25) is 4.79 Å². The van der Waals surface area contributed by atoms with E-state index in [1.54, 1.807) is 12.1 Å². The van der Waals surface area contributed by atoms with Crippen LogP contribution in [-0.4, -0.2) is 9.67 Å². The van der Waals surface area contributed by atoms with E-state index >= 15 is 0 Å². The van der Waals surface area contributed by atoms with Crippen LogP contribution in [0, 0.1) is 0 Å². The van der Waals surface area contributed by atoms with Gasteiger partial charge in [0, 0.05) is 12.3 Å². The number of rotatable bonds is 3. The molecule has 0 saturated heterocycles. The normalized spacial score (nSPS) is 13.2. The molecule has 20 heavy (non-hydrogen) atoms. The smallest absolute Gasteiger partial charge is 0.387 e. The Balaban J connectivity index is 2.24. The van der Waals surface area contributed by atoms with Gasteiger partial charge in [-0.25, -0.2) is 0 Å². The molecule has 2 rings (SSSR count). The van der Waals surface area contributed by atoms with Gasteiger partial charge in [-0.1, -0.05) is 18.2 Å². The highest BCUT2D eigenvalue weighted by Crippen LogP contribution is 2.30. The van der Waals surface area contributed by atoms with E-state index in [0.717, 1.165) is 12.1 Å². The van der Waals surface area contributed by atoms with Crippen LogP contribution in [0.25, 0.3) is 0 Å². The maximum Gasteiger partial charge on any atom is 0.416 e. The van der Waals surface area contributed by atoms with Crippen molar-refractivity contribution in [2.24, 2.45) is 0 Å². The highest BCUT2D eigenvalue weighted by Gasteiger charge is 2.30. The summed E-state index contributed by atoms with van der Waals surface area (Å²) in [4.78, 5) is 11.5. The third-order valence-electron chi connectivity index (χ3n) is 2.87. The molecular weight excluding hydrogens is 271 g/mol. The molecule has 0 saturated carbocycles. The summed E-state index contributed by atoms with van der Waals surface area (Å²) in [6, 6.07) is 8.93. The summed E-state index contributed by atoms with van der Waals surface area (Å²) in [6.07, 6.45) is -4.17. The molecular formula is C14H12F3NO2. The van der Waals surface area contributed by atoms with Crippen molar-refractivity contribution in [3.63, 3.8) is 0 Å². The summed E-state index contributed by atoms with van der Waals surface area (Å²) >= 11 is 0. The number of nitrogens with zero attached hydrogens (tertiary/aromatic N) is 1. The molecule has 6 heteroatoms. The minimum Gasteiger partial charge on any atom is -0.387 e. The minimum atomic E-state index is -4.46. The summed E-state index contributed by atoms with van der Waals surface area (Å²) in [5.74, 6) is 0. The molecule has 0 amide bonds. The zero-order valence-electron chi connectivity index (χ0n) is 10.3. The lowest BCUT2D eigenvalue weighted by Crippen LogP contribution is -2.21. The Labute approximate surface area is 112 Å². The van der Waals surface area contributed by atoms with Gasteiger partial charge in [0.25, 0.3) is 5.56 Å². The fraction of sp³-hybridized carbons (Fsp3) is 0.214. The molecule has 1 N–H and O–H groups in total. The highest BCUT2D eigenvalue weighted by atomic mass is 19.4. The van der Waals surface area contributed by atoms with E-state index in [0.29, 0.717) is 0 Å². The SMILES string of the molecule is O=c1ccccn1CC(O)c1cccc(C(F)(F)F)c1. The minimum absolute atomic E-state index is 0.0962. The molecule has 0 aliphatic rings. The maximum absolute atomic E-state index is 12.6. The second-order valence-electron chi connectivity index (χ2n) is 4.33. The summed E-state index contributed by atoms with van der Waals surface area (Å²) in [5, 5.41) is 9.96. The van der Waals surface area contributed by atoms with Crippen LogP contribution in [-0.2, 0) is 12.7 Å². The van der Waals surface area contributed by atoms with E-state index in [-0.39, 0.29) is 17.7 Å². The molecule has 1 heterocycles. The van der Waals surface area contributed by atoms with Gasteiger partial charge in [0.2, 0.25) is 0 Å². The first-order chi connectivity index (χ1) is 9.38. The molecule has 1 unspecified atom stereocenters. The largest absolute Gasteiger partial charge is 0.416 e. The predicted octanol–water partition coefficient (Wildman–Crippen LogP) is 2.60. The number of aromatic nitrogens is 1. The first kappa shape index (κ1) is 14.3. The summed E-state index contributed by atoms with van der Waals surface area (Å²) < 4.78 is 39.0. The van der Waals surface area contributed by atoms with Crippen LogP contribution < -0.4 is 5.56 Å². The lowest BCUT2D eigenvalue weighted by Gasteiger charge is -2.14. The standard InChI is InChI=1S/C14H12F3NO2/c15-14(16,17)11-5-3-4-10(8-11)12(19)9-18-7-2-1-6-13(18)20/h1-8,12,19H,9H2. The molecule has 0 fully saturated rings. The summed E-state index contributed by atoms with van der Waals surface area (Å²) in [5.41, 5.74) is -1.02. The number of aliphatic hydroxyl groups excluding tert-OH is 1. The molecule has 1 atom stereocenters. The number of hydrogen-bond donors (Lipinski definition) is 1. The average Bonchev–Trinajstić information content (AvgIpc) is 2.40. The molecule has 1 aromatic carbocycles. The van der Waals surface area contributed by atoms with Crippen molar-refractivity contribution in [2.45, 2.75) is 18.8 Å². The lowest BCUT2D eigenvalue weighted by atomic mass is 10.1. The molecule has 0 aliphatic heterocycles. The number of aliphatic hydroxyl groups is 1. The Bertz CT molecular complexity index is 649. The van der Waals surface area contributed by atoms with Gasteiger partial charge in [-0.15, -0.1) is 0 Å². The topological polar surface area (TPSA) is 42.2 Å². The Morgan fingerprint density at radius 1 is 1.15 bits per heavy atom. The number of benzene rings is 1. The van der Waals surface area contributed by atoms with Gasteiger partial charge in [0.15, 0.2) is 0 Å². The van der Waals surface area contributed by atoms with Gasteiger partial charge in [-0.2, -0.15) is 13.2 Å². The van der Waals surface area contributed by atoms with E-state index in [9.17, 15) is 23.1 Å². The second kappa shape index (κ2) is 5.50. The van der Waals surface area contributed by atoms with Gasteiger partial charge < -0.3 is 9.67 Å². The van der Waals surface area contributed by atoms with Crippen molar-refractivity contribution in [3.05, 3.63) is 70.1 Å². The van der Waals surface area contributed by atoms with Gasteiger partial charge in [0.1, 0.15) is 0 Å². The van der Waals surface area contributed by atoms with Crippen LogP contribution >= 0.6 is 0 Å². The number of alkyl halides is 3. The van der Waals surface area contributed by atoms with E-state index in [4.69, 9.17) is 0 Å². The third-order valence-corrected chi connectivity index (χ3v) is 2.87. The maximum atomic E-state index is 12.6. The van der Waals surface area contributed by atoms with Crippen molar-refractivity contribution in [1.82, 2.24) is 4.57 Å². The van der Waals surface area contributed by atoms with E-state index < -0.39 is 17.8 Å². The van der Waals surface area contributed by atoms with E-state index in [2.05, 4.69) is 0 Å². The number of hydrogen-bond acceptors (Lipinski definition) is 2. The Morgan fingerprint density at radius 2 is 1.90 bits per heavy atom. The molecule has 2 aromatic rings. The molecule has 0 aliphatic carbocycles. The molecule has 0 radical (unpaired) electrons. The Morgan fingerprint density at radius 3 is 2.55 bits per heavy atom. The molecule has 106 valence electrons. The average molecular weight is 283 g/mol. The summed E-state index contributed by atoms with van der Waals surface area (Å²) in [7, 11) is 0. The number of halogens is 3. The van der Waals surface area contributed by atoms with Crippen LogP contribution in [0.2, 0.25) is 0 Å². The van der Waals surface area contributed by atoms with Crippen LogP contribution in [0.1, 0.15) is 17.2 Å². The van der Waals surface area contributed by atoms with Crippen LogP contribution in [0.3, 0.4) is 0 Å². The van der Waals surface area contributed by atoms with Crippen LogP contribution in [0.5, 0.6) is 0 Å². The van der Waals surface area contributed by atoms with Crippen molar-refractivity contribution in [2.75, 3.05) is 0 Å².